The summed E-state index contributed by atoms with van der Waals surface area (Å²) in [4.78, 5) is 0. The fourth-order valence-electron chi connectivity index (χ4n) is 1.59. The first-order valence-electron chi connectivity index (χ1n) is 5.88. The molecule has 0 aromatic heterocycles. The molecule has 104 valence electrons. The maximum Gasteiger partial charge on any atom is 0.417 e. The molecule has 0 bridgehead atoms. The molecule has 6 heteroatoms. The van der Waals surface area contributed by atoms with Crippen LogP contribution >= 0.6 is 11.6 Å². The SMILES string of the molecule is N#CCCCCNCc1ccc(Cl)c(C(F)(F)F)c1. The lowest BCUT2D eigenvalue weighted by Gasteiger charge is -2.11. The molecule has 0 fully saturated rings. The number of hydrogen-bond acceptors (Lipinski definition) is 2. The van der Waals surface area contributed by atoms with Crippen molar-refractivity contribution in [1.82, 2.24) is 5.32 Å². The van der Waals surface area contributed by atoms with Gasteiger partial charge in [-0.3, -0.25) is 0 Å². The van der Waals surface area contributed by atoms with Crippen LogP contribution in [0.2, 0.25) is 5.02 Å². The highest BCUT2D eigenvalue weighted by atomic mass is 35.5. The van der Waals surface area contributed by atoms with Gasteiger partial charge >= 0.3 is 6.18 Å². The minimum Gasteiger partial charge on any atom is -0.313 e. The maximum atomic E-state index is 12.6. The fourth-order valence-corrected chi connectivity index (χ4v) is 1.81. The Morgan fingerprint density at radius 2 is 2.00 bits per heavy atom. The number of alkyl halides is 3. The van der Waals surface area contributed by atoms with E-state index in [1.807, 2.05) is 6.07 Å². The minimum absolute atomic E-state index is 0.287. The van der Waals surface area contributed by atoms with Crippen molar-refractivity contribution in [2.75, 3.05) is 6.54 Å². The van der Waals surface area contributed by atoms with Crippen LogP contribution in [0.25, 0.3) is 0 Å². The molecule has 0 saturated carbocycles. The van der Waals surface area contributed by atoms with Crippen molar-refractivity contribution in [2.45, 2.75) is 32.0 Å². The number of rotatable bonds is 6. The van der Waals surface area contributed by atoms with Crippen LogP contribution in [0.3, 0.4) is 0 Å². The molecule has 0 unspecified atom stereocenters. The Balaban J connectivity index is 2.49. The van der Waals surface area contributed by atoms with E-state index in [9.17, 15) is 13.2 Å². The van der Waals surface area contributed by atoms with Gasteiger partial charge in [-0.15, -0.1) is 0 Å². The van der Waals surface area contributed by atoms with Gasteiger partial charge in [0.1, 0.15) is 0 Å². The zero-order chi connectivity index (χ0) is 14.3. The maximum absolute atomic E-state index is 12.6. The van der Waals surface area contributed by atoms with Crippen LogP contribution in [0.4, 0.5) is 13.2 Å². The van der Waals surface area contributed by atoms with Gasteiger partial charge in [-0.05, 0) is 37.1 Å². The average molecular weight is 291 g/mol. The molecule has 1 N–H and O–H groups in total. The molecule has 1 rings (SSSR count). The molecule has 0 heterocycles. The van der Waals surface area contributed by atoms with E-state index < -0.39 is 11.7 Å². The van der Waals surface area contributed by atoms with Crippen molar-refractivity contribution >= 4 is 11.6 Å². The molecule has 2 nitrogen and oxygen atoms in total. The van der Waals surface area contributed by atoms with E-state index in [2.05, 4.69) is 5.32 Å². The highest BCUT2D eigenvalue weighted by Crippen LogP contribution is 2.35. The lowest BCUT2D eigenvalue weighted by Crippen LogP contribution is -2.15. The smallest absolute Gasteiger partial charge is 0.313 e. The number of nitrogens with zero attached hydrogens (tertiary/aromatic N) is 1. The van der Waals surface area contributed by atoms with E-state index in [0.29, 0.717) is 25.1 Å². The Morgan fingerprint density at radius 3 is 2.63 bits per heavy atom. The number of hydrogen-bond donors (Lipinski definition) is 1. The van der Waals surface area contributed by atoms with Gasteiger partial charge in [0.25, 0.3) is 0 Å². The molecule has 0 radical (unpaired) electrons. The highest BCUT2D eigenvalue weighted by Gasteiger charge is 2.33. The average Bonchev–Trinajstić information content (AvgIpc) is 2.34. The van der Waals surface area contributed by atoms with Crippen LogP contribution in [0.15, 0.2) is 18.2 Å². The van der Waals surface area contributed by atoms with Gasteiger partial charge in [-0.2, -0.15) is 18.4 Å². The predicted molar refractivity (Wildman–Crippen MR) is 67.6 cm³/mol. The summed E-state index contributed by atoms with van der Waals surface area (Å²) in [6, 6.07) is 5.93. The summed E-state index contributed by atoms with van der Waals surface area (Å²) in [6.45, 7) is 1.03. The Morgan fingerprint density at radius 1 is 1.26 bits per heavy atom. The molecule has 19 heavy (non-hydrogen) atoms. The van der Waals surface area contributed by atoms with E-state index in [1.165, 1.54) is 6.07 Å². The molecule has 0 aliphatic rings. The van der Waals surface area contributed by atoms with E-state index in [4.69, 9.17) is 16.9 Å². The third kappa shape index (κ3) is 5.50. The molecular weight excluding hydrogens is 277 g/mol. The number of unbranched alkanes of at least 4 members (excludes halogenated alkanes) is 2. The summed E-state index contributed by atoms with van der Waals surface area (Å²) in [5, 5.41) is 11.1. The third-order valence-corrected chi connectivity index (χ3v) is 2.89. The summed E-state index contributed by atoms with van der Waals surface area (Å²) < 4.78 is 37.9. The number of halogens is 4. The lowest BCUT2D eigenvalue weighted by atomic mass is 10.1. The largest absolute Gasteiger partial charge is 0.417 e. The molecule has 0 aliphatic heterocycles. The summed E-state index contributed by atoms with van der Waals surface area (Å²) in [7, 11) is 0. The standard InChI is InChI=1S/C13H14ClF3N2/c14-12-5-4-10(8-11(12)13(15,16)17)9-19-7-3-1-2-6-18/h4-5,8,19H,1-3,7,9H2. The number of nitriles is 1. The summed E-state index contributed by atoms with van der Waals surface area (Å²) in [5.74, 6) is 0. The van der Waals surface area contributed by atoms with E-state index >= 15 is 0 Å². The Labute approximate surface area is 115 Å². The first kappa shape index (κ1) is 15.8. The second-order valence-corrected chi connectivity index (χ2v) is 4.51. The van der Waals surface area contributed by atoms with Gasteiger partial charge in [-0.25, -0.2) is 0 Å². The quantitative estimate of drug-likeness (QED) is 0.799. The summed E-state index contributed by atoms with van der Waals surface area (Å²) in [5.41, 5.74) is -0.269. The molecule has 1 aromatic carbocycles. The number of benzene rings is 1. The van der Waals surface area contributed by atoms with Crippen molar-refractivity contribution in [1.29, 1.82) is 5.26 Å². The Bertz CT molecular complexity index is 452. The molecule has 0 atom stereocenters. The van der Waals surface area contributed by atoms with Crippen molar-refractivity contribution in [3.05, 3.63) is 34.3 Å². The third-order valence-electron chi connectivity index (χ3n) is 2.56. The normalized spacial score (nSPS) is 11.3. The van der Waals surface area contributed by atoms with E-state index in [1.54, 1.807) is 6.07 Å². The van der Waals surface area contributed by atoms with Crippen molar-refractivity contribution < 1.29 is 13.2 Å². The molecule has 0 saturated heterocycles. The van der Waals surface area contributed by atoms with Crippen LogP contribution in [-0.4, -0.2) is 6.54 Å². The zero-order valence-electron chi connectivity index (χ0n) is 10.2. The van der Waals surface area contributed by atoms with E-state index in [-0.39, 0.29) is 5.02 Å². The van der Waals surface area contributed by atoms with Crippen LogP contribution in [0.5, 0.6) is 0 Å². The van der Waals surface area contributed by atoms with Gasteiger partial charge in [-0.1, -0.05) is 17.7 Å². The van der Waals surface area contributed by atoms with Crippen LogP contribution in [-0.2, 0) is 12.7 Å². The molecule has 1 aromatic rings. The van der Waals surface area contributed by atoms with Crippen LogP contribution in [0.1, 0.15) is 30.4 Å². The van der Waals surface area contributed by atoms with Gasteiger partial charge < -0.3 is 5.32 Å². The zero-order valence-corrected chi connectivity index (χ0v) is 11.0. The minimum atomic E-state index is -4.43. The van der Waals surface area contributed by atoms with Gasteiger partial charge in [0.15, 0.2) is 0 Å². The van der Waals surface area contributed by atoms with Gasteiger partial charge in [0, 0.05) is 13.0 Å². The Kier molecular flexibility index (Phi) is 6.13. The van der Waals surface area contributed by atoms with Crippen molar-refractivity contribution in [3.63, 3.8) is 0 Å². The summed E-state index contributed by atoms with van der Waals surface area (Å²) in [6.07, 6.45) is -2.31. The molecular formula is C13H14ClF3N2. The van der Waals surface area contributed by atoms with Crippen LogP contribution < -0.4 is 5.32 Å². The van der Waals surface area contributed by atoms with Gasteiger partial charge in [0.2, 0.25) is 0 Å². The molecule has 0 spiro atoms. The molecule has 0 aliphatic carbocycles. The topological polar surface area (TPSA) is 35.8 Å². The monoisotopic (exact) mass is 290 g/mol. The second kappa shape index (κ2) is 7.37. The van der Waals surface area contributed by atoms with Crippen molar-refractivity contribution in [2.24, 2.45) is 0 Å². The molecule has 0 amide bonds. The van der Waals surface area contributed by atoms with Crippen molar-refractivity contribution in [3.8, 4) is 6.07 Å². The lowest BCUT2D eigenvalue weighted by molar-refractivity contribution is -0.137. The highest BCUT2D eigenvalue weighted by molar-refractivity contribution is 6.31. The second-order valence-electron chi connectivity index (χ2n) is 4.10. The first-order chi connectivity index (χ1) is 8.95. The van der Waals surface area contributed by atoms with Crippen LogP contribution in [0, 0.1) is 11.3 Å². The first-order valence-corrected chi connectivity index (χ1v) is 6.26. The van der Waals surface area contributed by atoms with E-state index in [0.717, 1.165) is 18.9 Å². The predicted octanol–water partition coefficient (Wildman–Crippen LogP) is 4.14. The van der Waals surface area contributed by atoms with Gasteiger partial charge in [0.05, 0.1) is 16.7 Å². The summed E-state index contributed by atoms with van der Waals surface area (Å²) >= 11 is 5.53. The number of nitrogens with one attached hydrogen (secondary N) is 1. The Hall–Kier alpha value is -1.25. The fraction of sp³-hybridized carbons (Fsp3) is 0.462.